The number of nitrogens with zero attached hydrogens (tertiary/aromatic N) is 1. The van der Waals surface area contributed by atoms with Gasteiger partial charge in [-0.05, 0) is 36.8 Å². The van der Waals surface area contributed by atoms with Gasteiger partial charge in [-0.3, -0.25) is 4.79 Å². The van der Waals surface area contributed by atoms with Crippen LogP contribution in [0.25, 0.3) is 10.9 Å². The molecule has 0 saturated carbocycles. The van der Waals surface area contributed by atoms with Gasteiger partial charge in [0.05, 0.1) is 23.5 Å². The molecule has 0 amide bonds. The number of hydrogen-bond acceptors (Lipinski definition) is 3. The first-order valence-electron chi connectivity index (χ1n) is 7.46. The first kappa shape index (κ1) is 18.6. The van der Waals surface area contributed by atoms with Crippen molar-refractivity contribution in [2.24, 2.45) is 0 Å². The van der Waals surface area contributed by atoms with Crippen LogP contribution in [0.4, 0.5) is 13.2 Å². The van der Waals surface area contributed by atoms with E-state index in [1.807, 2.05) is 0 Å². The maximum atomic E-state index is 12.8. The van der Waals surface area contributed by atoms with E-state index < -0.39 is 17.0 Å². The summed E-state index contributed by atoms with van der Waals surface area (Å²) < 4.78 is 40.1. The van der Waals surface area contributed by atoms with Gasteiger partial charge in [-0.2, -0.15) is 13.2 Å². The quantitative estimate of drug-likeness (QED) is 0.639. The lowest BCUT2D eigenvalue weighted by Crippen LogP contribution is -2.04. The zero-order chi connectivity index (χ0) is 19.2. The number of thiophene rings is 1. The van der Waals surface area contributed by atoms with E-state index in [4.69, 9.17) is 16.7 Å². The average molecular weight is 404 g/mol. The molecule has 26 heavy (non-hydrogen) atoms. The van der Waals surface area contributed by atoms with E-state index in [9.17, 15) is 23.1 Å². The molecule has 0 bridgehead atoms. The van der Waals surface area contributed by atoms with Gasteiger partial charge in [0.1, 0.15) is 10.6 Å². The molecule has 2 heterocycles. The molecule has 2 aromatic heterocycles. The first-order valence-corrected chi connectivity index (χ1v) is 8.65. The molecule has 0 aliphatic carbocycles. The van der Waals surface area contributed by atoms with Crippen molar-refractivity contribution in [3.8, 4) is 5.75 Å². The van der Waals surface area contributed by atoms with Crippen LogP contribution in [0.5, 0.6) is 5.75 Å². The summed E-state index contributed by atoms with van der Waals surface area (Å²) in [5.74, 6) is -1.23. The monoisotopic (exact) mass is 403 g/mol. The van der Waals surface area contributed by atoms with Crippen LogP contribution in [0.15, 0.2) is 24.3 Å². The van der Waals surface area contributed by atoms with Crippen molar-refractivity contribution >= 4 is 39.8 Å². The fraction of sp³-hybridized carbons (Fsp3) is 0.235. The lowest BCUT2D eigenvalue weighted by atomic mass is 10.1. The number of fused-ring (bicyclic) bond motifs is 1. The second-order valence-electron chi connectivity index (χ2n) is 5.81. The highest BCUT2D eigenvalue weighted by Crippen LogP contribution is 2.37. The molecule has 1 aromatic carbocycles. The summed E-state index contributed by atoms with van der Waals surface area (Å²) in [4.78, 5) is 11.0. The molecule has 0 aliphatic heterocycles. The molecule has 0 aliphatic rings. The normalized spacial score (nSPS) is 12.0. The second-order valence-corrected chi connectivity index (χ2v) is 7.38. The van der Waals surface area contributed by atoms with Crippen LogP contribution in [0.1, 0.15) is 21.0 Å². The number of hydrogen-bond donors (Lipinski definition) is 2. The van der Waals surface area contributed by atoms with Crippen molar-refractivity contribution in [3.63, 3.8) is 0 Å². The van der Waals surface area contributed by atoms with Crippen LogP contribution in [0.3, 0.4) is 0 Å². The van der Waals surface area contributed by atoms with Crippen LogP contribution >= 0.6 is 22.9 Å². The number of halogens is 4. The van der Waals surface area contributed by atoms with Gasteiger partial charge >= 0.3 is 12.1 Å². The number of phenolic OH excluding ortho intramolecular Hbond substituents is 1. The Kier molecular flexibility index (Phi) is 4.66. The molecule has 0 spiro atoms. The van der Waals surface area contributed by atoms with E-state index in [1.54, 1.807) is 11.5 Å². The highest BCUT2D eigenvalue weighted by Gasteiger charge is 2.32. The number of alkyl halides is 3. The summed E-state index contributed by atoms with van der Waals surface area (Å²) >= 11 is 6.61. The molecule has 0 saturated heterocycles. The van der Waals surface area contributed by atoms with Gasteiger partial charge in [-0.15, -0.1) is 11.3 Å². The molecule has 3 rings (SSSR count). The third-order valence-corrected chi connectivity index (χ3v) is 5.52. The number of aliphatic carboxylic acids is 1. The van der Waals surface area contributed by atoms with Gasteiger partial charge in [0.25, 0.3) is 0 Å². The second kappa shape index (κ2) is 6.51. The lowest BCUT2D eigenvalue weighted by Gasteiger charge is -2.08. The molecule has 0 unspecified atom stereocenters. The number of benzene rings is 1. The van der Waals surface area contributed by atoms with Crippen LogP contribution < -0.4 is 0 Å². The number of aromatic nitrogens is 1. The van der Waals surface area contributed by atoms with Gasteiger partial charge in [-0.25, -0.2) is 0 Å². The Bertz CT molecular complexity index is 1010. The SMILES string of the molecule is Cc1c(CC(=O)O)c2cc(O)c(Cl)cc2n1Cc1ccc(C(F)(F)F)s1. The van der Waals surface area contributed by atoms with Crippen molar-refractivity contribution < 1.29 is 28.2 Å². The molecule has 0 radical (unpaired) electrons. The third kappa shape index (κ3) is 3.39. The minimum absolute atomic E-state index is 0.0836. The van der Waals surface area contributed by atoms with Gasteiger partial charge in [0.15, 0.2) is 0 Å². The predicted molar refractivity (Wildman–Crippen MR) is 93.1 cm³/mol. The van der Waals surface area contributed by atoms with E-state index in [0.717, 1.165) is 6.07 Å². The van der Waals surface area contributed by atoms with Crippen molar-refractivity contribution in [1.82, 2.24) is 4.57 Å². The zero-order valence-electron chi connectivity index (χ0n) is 13.4. The standard InChI is InChI=1S/C17H13ClF3NO3S/c1-8-10(5-16(24)25)11-4-14(23)12(18)6-13(11)22(8)7-9-2-3-15(26-9)17(19,20)21/h2-4,6,23H,5,7H2,1H3,(H,24,25). The zero-order valence-corrected chi connectivity index (χ0v) is 15.0. The highest BCUT2D eigenvalue weighted by molar-refractivity contribution is 7.12. The Hall–Kier alpha value is -2.19. The van der Waals surface area contributed by atoms with Crippen LogP contribution in [0.2, 0.25) is 5.02 Å². The maximum Gasteiger partial charge on any atom is 0.425 e. The number of carbonyl (C=O) groups is 1. The Morgan fingerprint density at radius 1 is 1.31 bits per heavy atom. The van der Waals surface area contributed by atoms with Crippen LogP contribution in [0, 0.1) is 6.92 Å². The molecule has 0 fully saturated rings. The number of rotatable bonds is 4. The summed E-state index contributed by atoms with van der Waals surface area (Å²) in [5.41, 5.74) is 1.65. The van der Waals surface area contributed by atoms with Crippen molar-refractivity contribution in [2.45, 2.75) is 26.1 Å². The predicted octanol–water partition coefficient (Wildman–Crippen LogP) is 5.06. The van der Waals surface area contributed by atoms with Gasteiger partial charge in [-0.1, -0.05) is 11.6 Å². The number of carboxylic acids is 1. The lowest BCUT2D eigenvalue weighted by molar-refractivity contribution is -0.136. The third-order valence-electron chi connectivity index (χ3n) is 4.11. The van der Waals surface area contributed by atoms with Crippen LogP contribution in [-0.4, -0.2) is 20.7 Å². The van der Waals surface area contributed by atoms with Gasteiger partial charge in [0.2, 0.25) is 0 Å². The van der Waals surface area contributed by atoms with Crippen molar-refractivity contribution in [2.75, 3.05) is 0 Å². The average Bonchev–Trinajstić information content (AvgIpc) is 3.08. The maximum absolute atomic E-state index is 12.8. The molecule has 3 aromatic rings. The molecular weight excluding hydrogens is 391 g/mol. The Balaban J connectivity index is 2.13. The molecule has 0 atom stereocenters. The van der Waals surface area contributed by atoms with Crippen molar-refractivity contribution in [3.05, 3.63) is 50.3 Å². The Morgan fingerprint density at radius 2 is 2.00 bits per heavy atom. The minimum atomic E-state index is -4.40. The summed E-state index contributed by atoms with van der Waals surface area (Å²) in [5, 5.41) is 19.6. The number of aromatic hydroxyl groups is 1. The van der Waals surface area contributed by atoms with E-state index >= 15 is 0 Å². The topological polar surface area (TPSA) is 62.5 Å². The van der Waals surface area contributed by atoms with Gasteiger partial charge < -0.3 is 14.8 Å². The Morgan fingerprint density at radius 3 is 2.58 bits per heavy atom. The first-order chi connectivity index (χ1) is 12.1. The van der Waals surface area contributed by atoms with E-state index in [2.05, 4.69) is 0 Å². The molecule has 2 N–H and O–H groups in total. The molecular formula is C17H13ClF3NO3S. The highest BCUT2D eigenvalue weighted by atomic mass is 35.5. The van der Waals surface area contributed by atoms with E-state index in [0.29, 0.717) is 38.4 Å². The molecule has 138 valence electrons. The molecule has 9 heteroatoms. The summed E-state index contributed by atoms with van der Waals surface area (Å²) in [6.45, 7) is 1.84. The smallest absolute Gasteiger partial charge is 0.425 e. The fourth-order valence-corrected chi connectivity index (χ4v) is 3.93. The van der Waals surface area contributed by atoms with Crippen molar-refractivity contribution in [1.29, 1.82) is 0 Å². The fourth-order valence-electron chi connectivity index (χ4n) is 2.90. The van der Waals surface area contributed by atoms with Crippen LogP contribution in [-0.2, 0) is 23.9 Å². The number of carboxylic acid groups (broad SMARTS) is 1. The largest absolute Gasteiger partial charge is 0.506 e. The molecule has 4 nitrogen and oxygen atoms in total. The van der Waals surface area contributed by atoms with E-state index in [-0.39, 0.29) is 23.7 Å². The van der Waals surface area contributed by atoms with E-state index in [1.165, 1.54) is 18.2 Å². The summed E-state index contributed by atoms with van der Waals surface area (Å²) in [6.07, 6.45) is -4.67. The Labute approximate surface area is 155 Å². The van der Waals surface area contributed by atoms with Gasteiger partial charge in [0, 0.05) is 16.0 Å². The summed E-state index contributed by atoms with van der Waals surface area (Å²) in [6, 6.07) is 5.30. The number of phenols is 1. The summed E-state index contributed by atoms with van der Waals surface area (Å²) in [7, 11) is 0. The minimum Gasteiger partial charge on any atom is -0.506 e.